The molecule has 136 valence electrons. The molecule has 1 unspecified atom stereocenters. The fraction of sp³-hybridized carbons (Fsp3) is 0.429. The number of carbonyl (C=O) groups excluding carboxylic acids is 1. The summed E-state index contributed by atoms with van der Waals surface area (Å²) in [4.78, 5) is 21.4. The molecule has 0 bridgehead atoms. The summed E-state index contributed by atoms with van der Waals surface area (Å²) in [6.07, 6.45) is 5.19. The number of piperazine rings is 1. The molecule has 5 nitrogen and oxygen atoms in total. The summed E-state index contributed by atoms with van der Waals surface area (Å²) in [5.74, 6) is 1.06. The van der Waals surface area contributed by atoms with Crippen molar-refractivity contribution in [3.8, 4) is 0 Å². The molecule has 1 amide bonds. The highest BCUT2D eigenvalue weighted by Crippen LogP contribution is 2.22. The first kappa shape index (κ1) is 17.0. The Morgan fingerprint density at radius 2 is 1.81 bits per heavy atom. The Kier molecular flexibility index (Phi) is 5.16. The second-order valence-electron chi connectivity index (χ2n) is 7.12. The minimum absolute atomic E-state index is 0.117. The lowest BCUT2D eigenvalue weighted by atomic mass is 10.0. The van der Waals surface area contributed by atoms with Gasteiger partial charge in [0, 0.05) is 45.0 Å². The van der Waals surface area contributed by atoms with Crippen molar-refractivity contribution in [2.75, 3.05) is 37.6 Å². The number of hydrogen-bond acceptors (Lipinski definition) is 4. The van der Waals surface area contributed by atoms with Gasteiger partial charge in [0.1, 0.15) is 5.82 Å². The van der Waals surface area contributed by atoms with Gasteiger partial charge in [0.2, 0.25) is 0 Å². The van der Waals surface area contributed by atoms with Crippen molar-refractivity contribution in [2.45, 2.75) is 25.3 Å². The molecule has 0 radical (unpaired) electrons. The Hall–Kier alpha value is -2.40. The van der Waals surface area contributed by atoms with E-state index in [4.69, 9.17) is 0 Å². The summed E-state index contributed by atoms with van der Waals surface area (Å²) >= 11 is 0. The molecule has 1 aromatic heterocycles. The molecule has 2 fully saturated rings. The highest BCUT2D eigenvalue weighted by Gasteiger charge is 2.22. The lowest BCUT2D eigenvalue weighted by Gasteiger charge is -2.35. The van der Waals surface area contributed by atoms with Crippen LogP contribution in [0.2, 0.25) is 0 Å². The Labute approximate surface area is 155 Å². The van der Waals surface area contributed by atoms with Gasteiger partial charge in [0.15, 0.2) is 0 Å². The third-order valence-electron chi connectivity index (χ3n) is 5.34. The molecule has 1 atom stereocenters. The molecular formula is C21H26N4O. The maximum atomic E-state index is 12.6. The smallest absolute Gasteiger partial charge is 0.255 e. The van der Waals surface area contributed by atoms with Crippen LogP contribution in [0.5, 0.6) is 0 Å². The Balaban J connectivity index is 1.43. The Morgan fingerprint density at radius 1 is 1.00 bits per heavy atom. The molecule has 3 heterocycles. The van der Waals surface area contributed by atoms with Crippen LogP contribution in [0.3, 0.4) is 0 Å². The fourth-order valence-corrected chi connectivity index (χ4v) is 3.85. The zero-order valence-electron chi connectivity index (χ0n) is 15.1. The number of piperidine rings is 1. The van der Waals surface area contributed by atoms with Gasteiger partial charge in [-0.3, -0.25) is 4.79 Å². The second kappa shape index (κ2) is 7.87. The zero-order chi connectivity index (χ0) is 17.8. The molecule has 2 aliphatic rings. The van der Waals surface area contributed by atoms with E-state index in [9.17, 15) is 4.79 Å². The van der Waals surface area contributed by atoms with Crippen LogP contribution in [0.1, 0.15) is 41.2 Å². The summed E-state index contributed by atoms with van der Waals surface area (Å²) in [6, 6.07) is 14.8. The van der Waals surface area contributed by atoms with Crippen molar-refractivity contribution in [1.82, 2.24) is 15.2 Å². The molecule has 0 spiro atoms. The zero-order valence-corrected chi connectivity index (χ0v) is 15.1. The highest BCUT2D eigenvalue weighted by molar-refractivity contribution is 5.94. The minimum Gasteiger partial charge on any atom is -0.353 e. The fourth-order valence-electron chi connectivity index (χ4n) is 3.85. The first-order valence-electron chi connectivity index (χ1n) is 9.60. The van der Waals surface area contributed by atoms with Crippen LogP contribution in [-0.4, -0.2) is 48.5 Å². The Morgan fingerprint density at radius 3 is 2.54 bits per heavy atom. The van der Waals surface area contributed by atoms with Gasteiger partial charge in [-0.15, -0.1) is 0 Å². The van der Waals surface area contributed by atoms with Crippen molar-refractivity contribution in [1.29, 1.82) is 0 Å². The van der Waals surface area contributed by atoms with E-state index in [1.54, 1.807) is 6.20 Å². The van der Waals surface area contributed by atoms with Crippen LogP contribution >= 0.6 is 0 Å². The van der Waals surface area contributed by atoms with Gasteiger partial charge in [-0.2, -0.15) is 0 Å². The molecule has 5 heteroatoms. The molecule has 2 saturated heterocycles. The van der Waals surface area contributed by atoms with Gasteiger partial charge < -0.3 is 15.1 Å². The number of benzene rings is 1. The molecule has 0 saturated carbocycles. The largest absolute Gasteiger partial charge is 0.353 e. The van der Waals surface area contributed by atoms with E-state index >= 15 is 0 Å². The normalized spacial score (nSPS) is 20.8. The van der Waals surface area contributed by atoms with Crippen molar-refractivity contribution >= 4 is 11.7 Å². The Bertz CT molecular complexity index is 725. The molecule has 0 aliphatic carbocycles. The molecule has 4 rings (SSSR count). The number of hydrogen-bond donors (Lipinski definition) is 1. The molecule has 1 aromatic carbocycles. The minimum atomic E-state index is 0.117. The van der Waals surface area contributed by atoms with E-state index in [0.717, 1.165) is 51.4 Å². The van der Waals surface area contributed by atoms with Gasteiger partial charge in [-0.1, -0.05) is 30.3 Å². The van der Waals surface area contributed by atoms with Gasteiger partial charge in [0.25, 0.3) is 5.91 Å². The predicted octanol–water partition coefficient (Wildman–Crippen LogP) is 2.86. The third-order valence-corrected chi connectivity index (χ3v) is 5.34. The van der Waals surface area contributed by atoms with Crippen LogP contribution < -0.4 is 10.2 Å². The maximum absolute atomic E-state index is 12.6. The van der Waals surface area contributed by atoms with Crippen molar-refractivity contribution in [3.05, 3.63) is 59.8 Å². The molecular weight excluding hydrogens is 324 g/mol. The van der Waals surface area contributed by atoms with Crippen molar-refractivity contribution in [3.63, 3.8) is 0 Å². The van der Waals surface area contributed by atoms with Crippen molar-refractivity contribution < 1.29 is 4.79 Å². The van der Waals surface area contributed by atoms with E-state index in [1.807, 2.05) is 23.1 Å². The van der Waals surface area contributed by atoms with E-state index in [0.29, 0.717) is 11.6 Å². The van der Waals surface area contributed by atoms with Gasteiger partial charge >= 0.3 is 0 Å². The number of nitrogens with zero attached hydrogens (tertiary/aromatic N) is 3. The molecule has 26 heavy (non-hydrogen) atoms. The van der Waals surface area contributed by atoms with E-state index < -0.39 is 0 Å². The molecule has 2 aliphatic heterocycles. The number of pyridine rings is 1. The number of amides is 1. The van der Waals surface area contributed by atoms with Crippen LogP contribution in [0.15, 0.2) is 48.7 Å². The topological polar surface area (TPSA) is 48.5 Å². The van der Waals surface area contributed by atoms with Crippen LogP contribution in [-0.2, 0) is 0 Å². The number of carbonyl (C=O) groups is 1. The summed E-state index contributed by atoms with van der Waals surface area (Å²) in [6.45, 7) is 4.48. The van der Waals surface area contributed by atoms with Crippen LogP contribution in [0.25, 0.3) is 0 Å². The standard InChI is InChI=1S/C21H26N4O/c26-21(24-12-5-2-6-13-24)18-9-10-20(23-15-18)25-14-11-22-19(16-25)17-7-3-1-4-8-17/h1,3-4,7-10,15,19,22H,2,5-6,11-14,16H2. The average molecular weight is 350 g/mol. The number of aromatic nitrogens is 1. The summed E-state index contributed by atoms with van der Waals surface area (Å²) in [5.41, 5.74) is 2.00. The number of rotatable bonds is 3. The monoisotopic (exact) mass is 350 g/mol. The second-order valence-corrected chi connectivity index (χ2v) is 7.12. The van der Waals surface area contributed by atoms with Gasteiger partial charge in [0.05, 0.1) is 5.56 Å². The highest BCUT2D eigenvalue weighted by atomic mass is 16.2. The third kappa shape index (κ3) is 3.73. The number of anilines is 1. The lowest BCUT2D eigenvalue weighted by molar-refractivity contribution is 0.0724. The average Bonchev–Trinajstić information content (AvgIpc) is 2.75. The summed E-state index contributed by atoms with van der Waals surface area (Å²) < 4.78 is 0. The van der Waals surface area contributed by atoms with Crippen molar-refractivity contribution in [2.24, 2.45) is 0 Å². The number of likely N-dealkylation sites (tertiary alicyclic amines) is 1. The quantitative estimate of drug-likeness (QED) is 0.925. The summed E-state index contributed by atoms with van der Waals surface area (Å²) in [5, 5.41) is 3.58. The lowest BCUT2D eigenvalue weighted by Crippen LogP contribution is -2.46. The molecule has 1 N–H and O–H groups in total. The maximum Gasteiger partial charge on any atom is 0.255 e. The summed E-state index contributed by atoms with van der Waals surface area (Å²) in [7, 11) is 0. The SMILES string of the molecule is O=C(c1ccc(N2CCNC(c3ccccc3)C2)nc1)N1CCCCC1. The van der Waals surface area contributed by atoms with E-state index in [-0.39, 0.29) is 5.91 Å². The number of nitrogens with one attached hydrogen (secondary N) is 1. The first-order chi connectivity index (χ1) is 12.8. The van der Waals surface area contributed by atoms with E-state index in [1.165, 1.54) is 12.0 Å². The van der Waals surface area contributed by atoms with Crippen LogP contribution in [0, 0.1) is 0 Å². The van der Waals surface area contributed by atoms with Crippen LogP contribution in [0.4, 0.5) is 5.82 Å². The predicted molar refractivity (Wildman–Crippen MR) is 103 cm³/mol. The molecule has 2 aromatic rings. The van der Waals surface area contributed by atoms with Gasteiger partial charge in [-0.05, 0) is 37.0 Å². The van der Waals surface area contributed by atoms with E-state index in [2.05, 4.69) is 39.5 Å². The van der Waals surface area contributed by atoms with Gasteiger partial charge in [-0.25, -0.2) is 4.98 Å². The first-order valence-corrected chi connectivity index (χ1v) is 9.60.